The van der Waals surface area contributed by atoms with Crippen LogP contribution in [0, 0.1) is 12.7 Å². The molecular formula is C12H12ClFN4. The van der Waals surface area contributed by atoms with Gasteiger partial charge in [0, 0.05) is 24.5 Å². The van der Waals surface area contributed by atoms with Crippen LogP contribution in [-0.2, 0) is 0 Å². The van der Waals surface area contributed by atoms with Gasteiger partial charge in [-0.3, -0.25) is 0 Å². The first kappa shape index (κ1) is 12.6. The molecule has 0 aliphatic heterocycles. The van der Waals surface area contributed by atoms with E-state index in [0.29, 0.717) is 17.5 Å². The lowest BCUT2D eigenvalue weighted by molar-refractivity contribution is 0.628. The maximum absolute atomic E-state index is 13.0. The molecule has 18 heavy (non-hydrogen) atoms. The molecule has 4 nitrogen and oxygen atoms in total. The number of hydrogen-bond donors (Lipinski definition) is 2. The summed E-state index contributed by atoms with van der Waals surface area (Å²) >= 11 is 5.71. The van der Waals surface area contributed by atoms with Crippen molar-refractivity contribution in [1.82, 2.24) is 9.97 Å². The molecule has 2 N–H and O–H groups in total. The number of hydrogen-bond acceptors (Lipinski definition) is 4. The molecular weight excluding hydrogens is 255 g/mol. The van der Waals surface area contributed by atoms with E-state index in [-0.39, 0.29) is 5.02 Å². The van der Waals surface area contributed by atoms with Crippen molar-refractivity contribution in [2.75, 3.05) is 17.7 Å². The number of rotatable bonds is 3. The number of aromatic nitrogens is 2. The van der Waals surface area contributed by atoms with Gasteiger partial charge in [0.1, 0.15) is 11.6 Å². The monoisotopic (exact) mass is 266 g/mol. The Hall–Kier alpha value is -1.88. The number of aryl methyl sites for hydroxylation is 1. The van der Waals surface area contributed by atoms with Crippen LogP contribution in [0.1, 0.15) is 5.69 Å². The summed E-state index contributed by atoms with van der Waals surface area (Å²) in [5.41, 5.74) is 1.49. The van der Waals surface area contributed by atoms with Crippen molar-refractivity contribution in [3.8, 4) is 0 Å². The van der Waals surface area contributed by atoms with Gasteiger partial charge in [0.2, 0.25) is 5.95 Å². The van der Waals surface area contributed by atoms with Gasteiger partial charge in [-0.1, -0.05) is 11.6 Å². The lowest BCUT2D eigenvalue weighted by Crippen LogP contribution is -2.02. The zero-order valence-corrected chi connectivity index (χ0v) is 10.7. The summed E-state index contributed by atoms with van der Waals surface area (Å²) < 4.78 is 13.0. The van der Waals surface area contributed by atoms with Crippen LogP contribution in [0.25, 0.3) is 0 Å². The van der Waals surface area contributed by atoms with Gasteiger partial charge < -0.3 is 10.6 Å². The van der Waals surface area contributed by atoms with Gasteiger partial charge in [-0.25, -0.2) is 9.37 Å². The van der Waals surface area contributed by atoms with E-state index in [4.69, 9.17) is 11.6 Å². The van der Waals surface area contributed by atoms with Gasteiger partial charge in [0.15, 0.2) is 0 Å². The third-order valence-electron chi connectivity index (χ3n) is 2.27. The van der Waals surface area contributed by atoms with Crippen molar-refractivity contribution in [2.45, 2.75) is 6.92 Å². The fraction of sp³-hybridized carbons (Fsp3) is 0.167. The van der Waals surface area contributed by atoms with Gasteiger partial charge in [-0.05, 0) is 25.1 Å². The molecule has 0 saturated heterocycles. The number of nitrogens with zero attached hydrogens (tertiary/aromatic N) is 2. The van der Waals surface area contributed by atoms with Crippen LogP contribution in [0.3, 0.4) is 0 Å². The quantitative estimate of drug-likeness (QED) is 0.894. The van der Waals surface area contributed by atoms with Crippen molar-refractivity contribution in [1.29, 1.82) is 0 Å². The molecule has 6 heteroatoms. The van der Waals surface area contributed by atoms with Crippen molar-refractivity contribution in [3.63, 3.8) is 0 Å². The molecule has 1 aromatic heterocycles. The number of benzene rings is 1. The fourth-order valence-corrected chi connectivity index (χ4v) is 1.65. The molecule has 0 aliphatic carbocycles. The average molecular weight is 267 g/mol. The van der Waals surface area contributed by atoms with Crippen LogP contribution >= 0.6 is 11.6 Å². The topological polar surface area (TPSA) is 49.8 Å². The molecule has 0 unspecified atom stereocenters. The summed E-state index contributed by atoms with van der Waals surface area (Å²) in [5, 5.41) is 5.98. The van der Waals surface area contributed by atoms with Crippen LogP contribution in [0.5, 0.6) is 0 Å². The normalized spacial score (nSPS) is 10.2. The summed E-state index contributed by atoms with van der Waals surface area (Å²) in [4.78, 5) is 8.41. The van der Waals surface area contributed by atoms with Crippen LogP contribution in [-0.4, -0.2) is 17.0 Å². The molecule has 0 spiro atoms. The predicted octanol–water partition coefficient (Wildman–Crippen LogP) is 3.36. The zero-order chi connectivity index (χ0) is 13.1. The maximum atomic E-state index is 13.0. The van der Waals surface area contributed by atoms with E-state index in [2.05, 4.69) is 20.6 Å². The van der Waals surface area contributed by atoms with E-state index in [9.17, 15) is 4.39 Å². The van der Waals surface area contributed by atoms with Crippen LogP contribution in [0.15, 0.2) is 24.3 Å². The molecule has 1 aromatic carbocycles. The second kappa shape index (κ2) is 5.18. The number of nitrogens with one attached hydrogen (secondary N) is 2. The van der Waals surface area contributed by atoms with E-state index >= 15 is 0 Å². The van der Waals surface area contributed by atoms with Gasteiger partial charge in [-0.2, -0.15) is 4.98 Å². The standard InChI is InChI=1S/C12H12ClFN4/c1-7-5-11(18-12(15-2)16-7)17-8-3-4-10(14)9(13)6-8/h3-6H,1-2H3,(H2,15,16,17,18). The molecule has 0 saturated carbocycles. The van der Waals surface area contributed by atoms with Gasteiger partial charge in [0.25, 0.3) is 0 Å². The molecule has 2 rings (SSSR count). The number of anilines is 3. The highest BCUT2D eigenvalue weighted by atomic mass is 35.5. The largest absolute Gasteiger partial charge is 0.357 e. The first-order valence-electron chi connectivity index (χ1n) is 5.34. The smallest absolute Gasteiger partial charge is 0.224 e. The van der Waals surface area contributed by atoms with Crippen molar-refractivity contribution in [3.05, 3.63) is 40.8 Å². The van der Waals surface area contributed by atoms with Crippen molar-refractivity contribution < 1.29 is 4.39 Å². The Kier molecular flexibility index (Phi) is 3.62. The van der Waals surface area contributed by atoms with E-state index in [1.54, 1.807) is 19.2 Å². The Morgan fingerprint density at radius 1 is 1.22 bits per heavy atom. The fourth-order valence-electron chi connectivity index (χ4n) is 1.47. The molecule has 0 aliphatic rings. The van der Waals surface area contributed by atoms with E-state index in [0.717, 1.165) is 5.69 Å². The SMILES string of the molecule is CNc1nc(C)cc(Nc2ccc(F)c(Cl)c2)n1. The van der Waals surface area contributed by atoms with E-state index in [1.165, 1.54) is 12.1 Å². The minimum atomic E-state index is -0.447. The summed E-state index contributed by atoms with van der Waals surface area (Å²) in [6.07, 6.45) is 0. The first-order chi connectivity index (χ1) is 8.58. The molecule has 0 fully saturated rings. The Bertz CT molecular complexity index is 574. The summed E-state index contributed by atoms with van der Waals surface area (Å²) in [6, 6.07) is 6.20. The Morgan fingerprint density at radius 2 is 2.00 bits per heavy atom. The first-order valence-corrected chi connectivity index (χ1v) is 5.72. The van der Waals surface area contributed by atoms with Crippen molar-refractivity contribution >= 4 is 29.1 Å². The van der Waals surface area contributed by atoms with Crippen LogP contribution in [0.2, 0.25) is 5.02 Å². The van der Waals surface area contributed by atoms with Crippen molar-refractivity contribution in [2.24, 2.45) is 0 Å². The second-order valence-corrected chi connectivity index (χ2v) is 4.13. The molecule has 2 aromatic rings. The minimum absolute atomic E-state index is 0.0691. The van der Waals surface area contributed by atoms with Crippen LogP contribution in [0.4, 0.5) is 21.8 Å². The highest BCUT2D eigenvalue weighted by Crippen LogP contribution is 2.22. The van der Waals surface area contributed by atoms with Gasteiger partial charge >= 0.3 is 0 Å². The van der Waals surface area contributed by atoms with E-state index < -0.39 is 5.82 Å². The Morgan fingerprint density at radius 3 is 2.67 bits per heavy atom. The molecule has 94 valence electrons. The molecule has 0 atom stereocenters. The second-order valence-electron chi connectivity index (χ2n) is 3.72. The summed E-state index contributed by atoms with van der Waals surface area (Å²) in [7, 11) is 1.74. The number of halogens is 2. The maximum Gasteiger partial charge on any atom is 0.224 e. The molecule has 0 amide bonds. The lowest BCUT2D eigenvalue weighted by atomic mass is 10.3. The van der Waals surface area contributed by atoms with Gasteiger partial charge in [0.05, 0.1) is 5.02 Å². The molecule has 0 bridgehead atoms. The minimum Gasteiger partial charge on any atom is -0.357 e. The Labute approximate surface area is 109 Å². The van der Waals surface area contributed by atoms with Crippen LogP contribution < -0.4 is 10.6 Å². The lowest BCUT2D eigenvalue weighted by Gasteiger charge is -2.08. The zero-order valence-electron chi connectivity index (χ0n) is 9.96. The summed E-state index contributed by atoms with van der Waals surface area (Å²) in [5.74, 6) is 0.692. The molecule has 1 heterocycles. The highest BCUT2D eigenvalue weighted by molar-refractivity contribution is 6.31. The van der Waals surface area contributed by atoms with Gasteiger partial charge in [-0.15, -0.1) is 0 Å². The Balaban J connectivity index is 2.27. The average Bonchev–Trinajstić information content (AvgIpc) is 2.33. The van der Waals surface area contributed by atoms with E-state index in [1.807, 2.05) is 6.92 Å². The third kappa shape index (κ3) is 2.87. The third-order valence-corrected chi connectivity index (χ3v) is 2.56. The molecule has 0 radical (unpaired) electrons. The summed E-state index contributed by atoms with van der Waals surface area (Å²) in [6.45, 7) is 1.87. The highest BCUT2D eigenvalue weighted by Gasteiger charge is 2.04. The predicted molar refractivity (Wildman–Crippen MR) is 71.0 cm³/mol.